The number of aryl methyl sites for hydroxylation is 1. The van der Waals surface area contributed by atoms with Gasteiger partial charge in [-0.05, 0) is 13.8 Å². The minimum atomic E-state index is -1.05. The first-order valence-electron chi connectivity index (χ1n) is 3.96. The van der Waals surface area contributed by atoms with E-state index in [0.717, 1.165) is 10.4 Å². The lowest BCUT2D eigenvalue weighted by molar-refractivity contribution is -0.139. The van der Waals surface area contributed by atoms with Crippen molar-refractivity contribution in [2.24, 2.45) is 0 Å². The first kappa shape index (κ1) is 10.7. The van der Waals surface area contributed by atoms with Crippen LogP contribution in [0.25, 0.3) is 0 Å². The number of ether oxygens (including phenoxy) is 1. The number of carbonyl (C=O) groups is 2. The summed E-state index contributed by atoms with van der Waals surface area (Å²) in [7, 11) is 0. The molecule has 1 aromatic heterocycles. The van der Waals surface area contributed by atoms with Crippen LogP contribution in [0.3, 0.4) is 0 Å². The Kier molecular flexibility index (Phi) is 3.24. The number of thiophene rings is 1. The van der Waals surface area contributed by atoms with Crippen LogP contribution in [0.1, 0.15) is 20.1 Å². The van der Waals surface area contributed by atoms with Crippen molar-refractivity contribution in [3.63, 3.8) is 0 Å². The second-order valence-corrected chi connectivity index (χ2v) is 4.03. The van der Waals surface area contributed by atoms with Crippen LogP contribution < -0.4 is 4.74 Å². The van der Waals surface area contributed by atoms with Gasteiger partial charge in [-0.1, -0.05) is 0 Å². The predicted octanol–water partition coefficient (Wildman–Crippen LogP) is 1.64. The van der Waals surface area contributed by atoms with Gasteiger partial charge < -0.3 is 9.84 Å². The van der Waals surface area contributed by atoms with Crippen LogP contribution >= 0.6 is 11.3 Å². The molecule has 76 valence electrons. The number of carbonyl (C=O) groups excluding carboxylic acids is 1. The molecule has 0 aliphatic heterocycles. The SMILES string of the molecule is Cc1sc(C=O)c(OCC(=O)O)c1C. The molecule has 1 N–H and O–H groups in total. The van der Waals surface area contributed by atoms with E-state index in [-0.39, 0.29) is 0 Å². The Labute approximate surface area is 85.1 Å². The highest BCUT2D eigenvalue weighted by molar-refractivity contribution is 7.14. The topological polar surface area (TPSA) is 63.6 Å². The summed E-state index contributed by atoms with van der Waals surface area (Å²) in [6, 6.07) is 0. The van der Waals surface area contributed by atoms with Crippen molar-refractivity contribution in [3.05, 3.63) is 15.3 Å². The minimum absolute atomic E-state index is 0.393. The number of carboxylic acid groups (broad SMARTS) is 1. The smallest absolute Gasteiger partial charge is 0.341 e. The average molecular weight is 214 g/mol. The van der Waals surface area contributed by atoms with Gasteiger partial charge in [-0.2, -0.15) is 0 Å². The van der Waals surface area contributed by atoms with E-state index >= 15 is 0 Å². The molecule has 0 spiro atoms. The van der Waals surface area contributed by atoms with Crippen LogP contribution in [0.15, 0.2) is 0 Å². The predicted molar refractivity (Wildman–Crippen MR) is 52.3 cm³/mol. The molecule has 0 radical (unpaired) electrons. The van der Waals surface area contributed by atoms with Gasteiger partial charge in [-0.25, -0.2) is 4.79 Å². The fourth-order valence-corrected chi connectivity index (χ4v) is 1.95. The molecule has 0 aliphatic carbocycles. The van der Waals surface area contributed by atoms with Crippen LogP contribution in [-0.2, 0) is 4.79 Å². The molecule has 4 nitrogen and oxygen atoms in total. The molecular weight excluding hydrogens is 204 g/mol. The van der Waals surface area contributed by atoms with Crippen molar-refractivity contribution in [2.45, 2.75) is 13.8 Å². The summed E-state index contributed by atoms with van der Waals surface area (Å²) in [5, 5.41) is 8.43. The molecule has 0 saturated heterocycles. The van der Waals surface area contributed by atoms with Gasteiger partial charge in [0, 0.05) is 10.4 Å². The Hall–Kier alpha value is -1.36. The van der Waals surface area contributed by atoms with E-state index in [2.05, 4.69) is 0 Å². The quantitative estimate of drug-likeness (QED) is 0.774. The molecule has 0 amide bonds. The Bertz CT molecular complexity index is 367. The van der Waals surface area contributed by atoms with E-state index in [9.17, 15) is 9.59 Å². The van der Waals surface area contributed by atoms with E-state index in [0.29, 0.717) is 16.9 Å². The number of aliphatic carboxylic acids is 1. The molecule has 1 rings (SSSR count). The van der Waals surface area contributed by atoms with Crippen molar-refractivity contribution >= 4 is 23.6 Å². The molecule has 0 fully saturated rings. The van der Waals surface area contributed by atoms with E-state index in [1.807, 2.05) is 6.92 Å². The van der Waals surface area contributed by atoms with Crippen LogP contribution in [0.4, 0.5) is 0 Å². The fraction of sp³-hybridized carbons (Fsp3) is 0.333. The maximum atomic E-state index is 10.6. The van der Waals surface area contributed by atoms with Crippen LogP contribution in [-0.4, -0.2) is 24.0 Å². The Morgan fingerprint density at radius 2 is 2.21 bits per heavy atom. The molecule has 1 heterocycles. The zero-order chi connectivity index (χ0) is 10.7. The Morgan fingerprint density at radius 3 is 2.71 bits per heavy atom. The van der Waals surface area contributed by atoms with Crippen molar-refractivity contribution in [1.29, 1.82) is 0 Å². The van der Waals surface area contributed by atoms with E-state index in [1.165, 1.54) is 11.3 Å². The number of hydrogen-bond acceptors (Lipinski definition) is 4. The lowest BCUT2D eigenvalue weighted by Crippen LogP contribution is -2.10. The lowest BCUT2D eigenvalue weighted by Gasteiger charge is -2.02. The van der Waals surface area contributed by atoms with Gasteiger partial charge in [-0.3, -0.25) is 4.79 Å². The van der Waals surface area contributed by atoms with Gasteiger partial charge >= 0.3 is 5.97 Å². The van der Waals surface area contributed by atoms with E-state index in [4.69, 9.17) is 9.84 Å². The molecule has 0 atom stereocenters. The number of rotatable bonds is 4. The minimum Gasteiger partial charge on any atom is -0.480 e. The molecule has 5 heteroatoms. The molecule has 1 aromatic rings. The molecule has 0 saturated carbocycles. The normalized spacial score (nSPS) is 9.86. The van der Waals surface area contributed by atoms with Crippen molar-refractivity contribution in [1.82, 2.24) is 0 Å². The zero-order valence-electron chi connectivity index (χ0n) is 7.86. The highest BCUT2D eigenvalue weighted by atomic mass is 32.1. The third-order valence-corrected chi connectivity index (χ3v) is 2.92. The Balaban J connectivity index is 2.93. The largest absolute Gasteiger partial charge is 0.480 e. The highest BCUT2D eigenvalue weighted by Gasteiger charge is 2.14. The monoisotopic (exact) mass is 214 g/mol. The molecular formula is C9H10O4S. The second-order valence-electron chi connectivity index (χ2n) is 2.78. The van der Waals surface area contributed by atoms with Crippen molar-refractivity contribution in [2.75, 3.05) is 6.61 Å². The van der Waals surface area contributed by atoms with Crippen LogP contribution in [0.2, 0.25) is 0 Å². The first-order chi connectivity index (χ1) is 6.56. The van der Waals surface area contributed by atoms with Gasteiger partial charge in [0.1, 0.15) is 10.6 Å². The van der Waals surface area contributed by atoms with Gasteiger partial charge in [0.2, 0.25) is 0 Å². The molecule has 0 aromatic carbocycles. The number of carboxylic acids is 1. The lowest BCUT2D eigenvalue weighted by atomic mass is 10.2. The summed E-state index contributed by atoms with van der Waals surface area (Å²) in [6.45, 7) is 3.24. The van der Waals surface area contributed by atoms with Crippen molar-refractivity contribution < 1.29 is 19.4 Å². The van der Waals surface area contributed by atoms with Crippen molar-refractivity contribution in [3.8, 4) is 5.75 Å². The standard InChI is InChI=1S/C9H10O4S/c1-5-6(2)14-7(3-10)9(5)13-4-8(11)12/h3H,4H2,1-2H3,(H,11,12). The van der Waals surface area contributed by atoms with Crippen LogP contribution in [0.5, 0.6) is 5.75 Å². The van der Waals surface area contributed by atoms with Crippen LogP contribution in [0, 0.1) is 13.8 Å². The average Bonchev–Trinajstić information content (AvgIpc) is 2.40. The maximum Gasteiger partial charge on any atom is 0.341 e. The molecule has 0 unspecified atom stereocenters. The summed E-state index contributed by atoms with van der Waals surface area (Å²) in [5.41, 5.74) is 0.832. The summed E-state index contributed by atoms with van der Waals surface area (Å²) in [5.74, 6) is -0.657. The molecule has 0 aliphatic rings. The highest BCUT2D eigenvalue weighted by Crippen LogP contribution is 2.32. The summed E-state index contributed by atoms with van der Waals surface area (Å²) in [6.07, 6.45) is 0.682. The number of aldehydes is 1. The number of hydrogen-bond donors (Lipinski definition) is 1. The fourth-order valence-electron chi connectivity index (χ4n) is 1.02. The summed E-state index contributed by atoms with van der Waals surface area (Å²) >= 11 is 1.31. The van der Waals surface area contributed by atoms with Gasteiger partial charge in [0.05, 0.1) is 0 Å². The Morgan fingerprint density at radius 1 is 1.57 bits per heavy atom. The first-order valence-corrected chi connectivity index (χ1v) is 4.77. The summed E-state index contributed by atoms with van der Waals surface area (Å²) in [4.78, 5) is 22.3. The third kappa shape index (κ3) is 2.11. The van der Waals surface area contributed by atoms with E-state index in [1.54, 1.807) is 6.92 Å². The molecule has 0 bridgehead atoms. The van der Waals surface area contributed by atoms with Gasteiger partial charge in [0.25, 0.3) is 0 Å². The van der Waals surface area contributed by atoms with Gasteiger partial charge in [-0.15, -0.1) is 11.3 Å². The maximum absolute atomic E-state index is 10.6. The zero-order valence-corrected chi connectivity index (χ0v) is 8.68. The molecule has 14 heavy (non-hydrogen) atoms. The second kappa shape index (κ2) is 4.23. The third-order valence-electron chi connectivity index (χ3n) is 1.80. The summed E-state index contributed by atoms with van der Waals surface area (Å²) < 4.78 is 5.02. The van der Waals surface area contributed by atoms with Gasteiger partial charge in [0.15, 0.2) is 12.9 Å². The van der Waals surface area contributed by atoms with E-state index < -0.39 is 12.6 Å².